The van der Waals surface area contributed by atoms with Gasteiger partial charge in [0.05, 0.1) is 12.1 Å². The van der Waals surface area contributed by atoms with E-state index < -0.39 is 5.97 Å². The van der Waals surface area contributed by atoms with Gasteiger partial charge in [0.1, 0.15) is 6.54 Å². The van der Waals surface area contributed by atoms with Crippen molar-refractivity contribution in [2.45, 2.75) is 20.0 Å². The van der Waals surface area contributed by atoms with E-state index in [0.29, 0.717) is 21.8 Å². The second kappa shape index (κ2) is 9.35. The summed E-state index contributed by atoms with van der Waals surface area (Å²) in [6, 6.07) is 13.1. The number of rotatable bonds is 7. The summed E-state index contributed by atoms with van der Waals surface area (Å²) in [7, 11) is 1.71. The molecule has 9 nitrogen and oxygen atoms in total. The van der Waals surface area contributed by atoms with Crippen LogP contribution in [0.3, 0.4) is 0 Å². The van der Waals surface area contributed by atoms with Crippen LogP contribution in [0.2, 0.25) is 0 Å². The maximum atomic E-state index is 12.3. The summed E-state index contributed by atoms with van der Waals surface area (Å²) in [5.41, 5.74) is 2.12. The van der Waals surface area contributed by atoms with Crippen LogP contribution in [-0.2, 0) is 24.9 Å². The highest BCUT2D eigenvalue weighted by Gasteiger charge is 2.13. The first kappa shape index (κ1) is 21.9. The molecule has 0 bridgehead atoms. The highest BCUT2D eigenvalue weighted by Crippen LogP contribution is 2.10. The number of anilines is 1. The lowest BCUT2D eigenvalue weighted by molar-refractivity contribution is -0.116. The summed E-state index contributed by atoms with van der Waals surface area (Å²) in [5.74, 6) is -1.14. The van der Waals surface area contributed by atoms with Gasteiger partial charge in [-0.15, -0.1) is 0 Å². The third kappa shape index (κ3) is 5.43. The number of aromatic nitrogens is 3. The molecule has 0 spiro atoms. The van der Waals surface area contributed by atoms with E-state index in [1.54, 1.807) is 23.7 Å². The van der Waals surface area contributed by atoms with E-state index in [1.807, 2.05) is 19.1 Å². The molecule has 10 heteroatoms. The molecule has 0 radical (unpaired) electrons. The zero-order chi connectivity index (χ0) is 22.5. The van der Waals surface area contributed by atoms with Gasteiger partial charge in [0.25, 0.3) is 5.91 Å². The summed E-state index contributed by atoms with van der Waals surface area (Å²) < 4.78 is 3.32. The Kier molecular flexibility index (Phi) is 6.61. The highest BCUT2D eigenvalue weighted by molar-refractivity contribution is 7.71. The molecule has 3 N–H and O–H groups in total. The lowest BCUT2D eigenvalue weighted by Crippen LogP contribution is -2.24. The minimum absolute atomic E-state index is 0.126. The number of carboxylic acid groups (broad SMARTS) is 1. The summed E-state index contributed by atoms with van der Waals surface area (Å²) in [5, 5.41) is 18.7. The molecule has 0 fully saturated rings. The molecule has 0 aliphatic rings. The molecule has 0 saturated heterocycles. The van der Waals surface area contributed by atoms with Gasteiger partial charge >= 0.3 is 5.97 Å². The van der Waals surface area contributed by atoms with Gasteiger partial charge in [0.2, 0.25) is 5.91 Å². The van der Waals surface area contributed by atoms with Crippen LogP contribution in [0.25, 0.3) is 0 Å². The zero-order valence-corrected chi connectivity index (χ0v) is 17.8. The quantitative estimate of drug-likeness (QED) is 0.487. The lowest BCUT2D eigenvalue weighted by Gasteiger charge is -2.06. The minimum atomic E-state index is -1.04. The molecule has 2 aromatic carbocycles. The Balaban J connectivity index is 1.63. The standard InChI is InChI=1S/C21H21N5O4S/c1-13-4-3-5-15(10-13)19(28)22-11-17-24-26(21(31)25(17)2)12-18(27)23-16-8-6-14(7-9-16)20(29)30/h3-10H,11-12H2,1-2H3,(H,22,28)(H,23,27)(H,29,30). The van der Waals surface area contributed by atoms with Gasteiger partial charge in [0.15, 0.2) is 10.6 Å². The smallest absolute Gasteiger partial charge is 0.335 e. The van der Waals surface area contributed by atoms with Crippen LogP contribution in [0.5, 0.6) is 0 Å². The van der Waals surface area contributed by atoms with E-state index in [4.69, 9.17) is 17.3 Å². The Bertz CT molecular complexity index is 1200. The van der Waals surface area contributed by atoms with E-state index in [2.05, 4.69) is 15.7 Å². The fourth-order valence-electron chi connectivity index (χ4n) is 2.87. The zero-order valence-electron chi connectivity index (χ0n) is 17.0. The Morgan fingerprint density at radius 2 is 1.81 bits per heavy atom. The van der Waals surface area contributed by atoms with Crippen molar-refractivity contribution in [1.29, 1.82) is 0 Å². The molecule has 1 aromatic heterocycles. The van der Waals surface area contributed by atoms with Crippen molar-refractivity contribution in [2.24, 2.45) is 7.05 Å². The molecule has 2 amide bonds. The molecule has 0 atom stereocenters. The van der Waals surface area contributed by atoms with Crippen LogP contribution < -0.4 is 10.6 Å². The number of nitrogens with one attached hydrogen (secondary N) is 2. The van der Waals surface area contributed by atoms with Gasteiger partial charge in [-0.2, -0.15) is 5.10 Å². The predicted octanol–water partition coefficient (Wildman–Crippen LogP) is 2.53. The fraction of sp³-hybridized carbons (Fsp3) is 0.190. The maximum Gasteiger partial charge on any atom is 0.335 e. The fourth-order valence-corrected chi connectivity index (χ4v) is 3.08. The van der Waals surface area contributed by atoms with E-state index in [0.717, 1.165) is 5.56 Å². The number of aromatic carboxylic acids is 1. The molecule has 0 aliphatic carbocycles. The molecular formula is C21H21N5O4S. The normalized spacial score (nSPS) is 10.5. The number of carboxylic acids is 1. The van der Waals surface area contributed by atoms with Crippen molar-refractivity contribution >= 4 is 35.7 Å². The second-order valence-corrected chi connectivity index (χ2v) is 7.26. The summed E-state index contributed by atoms with van der Waals surface area (Å²) in [4.78, 5) is 35.6. The van der Waals surface area contributed by atoms with Crippen molar-refractivity contribution in [3.8, 4) is 0 Å². The lowest BCUT2D eigenvalue weighted by atomic mass is 10.1. The van der Waals surface area contributed by atoms with Crippen LogP contribution in [0.15, 0.2) is 48.5 Å². The molecule has 0 saturated carbocycles. The van der Waals surface area contributed by atoms with Crippen LogP contribution >= 0.6 is 12.2 Å². The molecule has 3 aromatic rings. The van der Waals surface area contributed by atoms with E-state index >= 15 is 0 Å². The summed E-state index contributed by atoms with van der Waals surface area (Å²) >= 11 is 5.34. The first-order chi connectivity index (χ1) is 14.7. The Morgan fingerprint density at radius 3 is 2.45 bits per heavy atom. The van der Waals surface area contributed by atoms with Gasteiger partial charge in [0, 0.05) is 18.3 Å². The minimum Gasteiger partial charge on any atom is -0.478 e. The van der Waals surface area contributed by atoms with Gasteiger partial charge in [-0.05, 0) is 55.5 Å². The molecule has 1 heterocycles. The highest BCUT2D eigenvalue weighted by atomic mass is 32.1. The summed E-state index contributed by atoms with van der Waals surface area (Å²) in [6.07, 6.45) is 0. The maximum absolute atomic E-state index is 12.3. The van der Waals surface area contributed by atoms with Gasteiger partial charge < -0.3 is 20.3 Å². The SMILES string of the molecule is Cc1cccc(C(=O)NCc2nn(CC(=O)Nc3ccc(C(=O)O)cc3)c(=S)n2C)c1. The number of amides is 2. The van der Waals surface area contributed by atoms with Crippen LogP contribution in [-0.4, -0.2) is 37.2 Å². The van der Waals surface area contributed by atoms with Crippen LogP contribution in [0, 0.1) is 11.7 Å². The predicted molar refractivity (Wildman–Crippen MR) is 116 cm³/mol. The van der Waals surface area contributed by atoms with Crippen molar-refractivity contribution in [3.05, 3.63) is 75.8 Å². The van der Waals surface area contributed by atoms with Crippen molar-refractivity contribution < 1.29 is 19.5 Å². The molecule has 0 unspecified atom stereocenters. The van der Waals surface area contributed by atoms with Gasteiger partial charge in [-0.1, -0.05) is 17.7 Å². The average Bonchev–Trinajstić information content (AvgIpc) is 3.00. The number of aryl methyl sites for hydroxylation is 1. The first-order valence-corrected chi connectivity index (χ1v) is 9.76. The first-order valence-electron chi connectivity index (χ1n) is 9.35. The largest absolute Gasteiger partial charge is 0.478 e. The number of benzene rings is 2. The Labute approximate surface area is 183 Å². The summed E-state index contributed by atoms with van der Waals surface area (Å²) in [6.45, 7) is 1.94. The third-order valence-electron chi connectivity index (χ3n) is 4.53. The van der Waals surface area contributed by atoms with Gasteiger partial charge in [-0.3, -0.25) is 9.59 Å². The monoisotopic (exact) mass is 439 g/mol. The van der Waals surface area contributed by atoms with Crippen molar-refractivity contribution in [2.75, 3.05) is 5.32 Å². The van der Waals surface area contributed by atoms with Crippen molar-refractivity contribution in [1.82, 2.24) is 19.7 Å². The number of hydrogen-bond acceptors (Lipinski definition) is 5. The van der Waals surface area contributed by atoms with Gasteiger partial charge in [-0.25, -0.2) is 9.48 Å². The average molecular weight is 439 g/mol. The number of carbonyl (C=O) groups excluding carboxylic acids is 2. The number of carbonyl (C=O) groups is 3. The number of nitrogens with zero attached hydrogens (tertiary/aromatic N) is 3. The molecule has 3 rings (SSSR count). The molecule has 0 aliphatic heterocycles. The van der Waals surface area contributed by atoms with Crippen LogP contribution in [0.4, 0.5) is 5.69 Å². The van der Waals surface area contributed by atoms with Crippen molar-refractivity contribution in [3.63, 3.8) is 0 Å². The molecular weight excluding hydrogens is 418 g/mol. The molecule has 31 heavy (non-hydrogen) atoms. The Morgan fingerprint density at radius 1 is 1.10 bits per heavy atom. The van der Waals surface area contributed by atoms with E-state index in [9.17, 15) is 14.4 Å². The third-order valence-corrected chi connectivity index (χ3v) is 5.01. The van der Waals surface area contributed by atoms with E-state index in [-0.39, 0.29) is 30.5 Å². The molecule has 160 valence electrons. The van der Waals surface area contributed by atoms with Crippen LogP contribution in [0.1, 0.15) is 32.1 Å². The Hall–Kier alpha value is -3.79. The second-order valence-electron chi connectivity index (χ2n) is 6.90. The topological polar surface area (TPSA) is 118 Å². The van der Waals surface area contributed by atoms with E-state index in [1.165, 1.54) is 28.9 Å². The number of hydrogen-bond donors (Lipinski definition) is 3.